The van der Waals surface area contributed by atoms with Gasteiger partial charge in [-0.25, -0.2) is 0 Å². The highest BCUT2D eigenvalue weighted by molar-refractivity contribution is 5.10. The molecule has 2 heteroatoms. The Labute approximate surface area is 350 Å². The molecule has 3 fully saturated rings. The third-order valence-electron chi connectivity index (χ3n) is 14.7. The van der Waals surface area contributed by atoms with Gasteiger partial charge in [0.1, 0.15) is 0 Å². The fourth-order valence-electron chi connectivity index (χ4n) is 11.6. The number of rotatable bonds is 36. The first kappa shape index (κ1) is 49.2. The van der Waals surface area contributed by atoms with E-state index in [9.17, 15) is 10.2 Å². The number of hydrogen-bond donors (Lipinski definition) is 2. The van der Waals surface area contributed by atoms with E-state index in [1.165, 1.54) is 193 Å². The second kappa shape index (κ2) is 30.0. The van der Waals surface area contributed by atoms with E-state index in [-0.39, 0.29) is 0 Å². The van der Waals surface area contributed by atoms with Gasteiger partial charge in [0, 0.05) is 6.42 Å². The molecule has 0 aliphatic heterocycles. The Morgan fingerprint density at radius 1 is 0.482 bits per heavy atom. The van der Waals surface area contributed by atoms with Crippen molar-refractivity contribution >= 4 is 0 Å². The lowest BCUT2D eigenvalue weighted by atomic mass is 9.48. The molecule has 0 aromatic rings. The number of allylic oxidation sites excluding steroid dienone is 8. The molecule has 1 unspecified atom stereocenters. The van der Waals surface area contributed by atoms with E-state index >= 15 is 0 Å². The Morgan fingerprint density at radius 3 is 1.32 bits per heavy atom. The van der Waals surface area contributed by atoms with Crippen molar-refractivity contribution < 1.29 is 10.2 Å². The molecular weight excluding hydrogens is 681 g/mol. The highest BCUT2D eigenvalue weighted by Crippen LogP contribution is 2.70. The summed E-state index contributed by atoms with van der Waals surface area (Å²) in [5.74, 6) is 1.44. The van der Waals surface area contributed by atoms with E-state index in [2.05, 4.69) is 62.5 Å². The van der Waals surface area contributed by atoms with Crippen molar-refractivity contribution in [3.8, 4) is 0 Å². The van der Waals surface area contributed by atoms with Crippen LogP contribution in [0.1, 0.15) is 258 Å². The zero-order chi connectivity index (χ0) is 40.1. The minimum atomic E-state index is -1.44. The summed E-state index contributed by atoms with van der Waals surface area (Å²) >= 11 is 0. The first-order valence-electron chi connectivity index (χ1n) is 25.4. The van der Waals surface area contributed by atoms with Gasteiger partial charge < -0.3 is 10.2 Å². The van der Waals surface area contributed by atoms with Crippen LogP contribution in [-0.4, -0.2) is 16.0 Å². The summed E-state index contributed by atoms with van der Waals surface area (Å²) in [6, 6.07) is 0. The minimum Gasteiger partial charge on any atom is -0.366 e. The highest BCUT2D eigenvalue weighted by Gasteiger charge is 2.59. The summed E-state index contributed by atoms with van der Waals surface area (Å²) in [5, 5.41) is 19.9. The zero-order valence-electron chi connectivity index (χ0n) is 37.9. The molecule has 0 aromatic heterocycles. The van der Waals surface area contributed by atoms with Crippen molar-refractivity contribution in [2.24, 2.45) is 28.6 Å². The van der Waals surface area contributed by atoms with Crippen LogP contribution in [0.2, 0.25) is 0 Å². The molecule has 0 radical (unpaired) electrons. The van der Waals surface area contributed by atoms with Crippen LogP contribution in [0.5, 0.6) is 0 Å². The number of aliphatic hydroxyl groups is 2. The maximum atomic E-state index is 9.97. The van der Waals surface area contributed by atoms with Gasteiger partial charge in [0.25, 0.3) is 0 Å². The van der Waals surface area contributed by atoms with E-state index in [0.717, 1.165) is 37.0 Å². The monoisotopic (exact) mass is 777 g/mol. The van der Waals surface area contributed by atoms with Gasteiger partial charge in [0.05, 0.1) is 0 Å². The number of hydrogen-bond acceptors (Lipinski definition) is 2. The van der Waals surface area contributed by atoms with Gasteiger partial charge in [-0.15, -0.1) is 0 Å². The zero-order valence-corrected chi connectivity index (χ0v) is 37.9. The van der Waals surface area contributed by atoms with Gasteiger partial charge >= 0.3 is 0 Å². The van der Waals surface area contributed by atoms with Crippen LogP contribution in [0, 0.1) is 28.6 Å². The Morgan fingerprint density at radius 2 is 0.893 bits per heavy atom. The Balaban J connectivity index is 1.30. The van der Waals surface area contributed by atoms with E-state index in [1.54, 1.807) is 12.8 Å². The van der Waals surface area contributed by atoms with Crippen molar-refractivity contribution in [1.82, 2.24) is 0 Å². The SMILES string of the molecule is CCCCC/C=C\C/C=C\CCCCCCCCC1(CCCCCCCC/C=C\C/C=C\CCCCC)CC2(C[C@H]3CC(CCCCC(O)(O)CC)C[C@H]3C2)C1. The van der Waals surface area contributed by atoms with Crippen LogP contribution < -0.4 is 0 Å². The Bertz CT molecular complexity index is 990. The predicted octanol–water partition coefficient (Wildman–Crippen LogP) is 17.2. The van der Waals surface area contributed by atoms with Crippen LogP contribution in [-0.2, 0) is 0 Å². The van der Waals surface area contributed by atoms with E-state index in [4.69, 9.17) is 0 Å². The van der Waals surface area contributed by atoms with Crippen molar-refractivity contribution in [2.45, 2.75) is 264 Å². The summed E-state index contributed by atoms with van der Waals surface area (Å²) in [5.41, 5.74) is 1.37. The van der Waals surface area contributed by atoms with Gasteiger partial charge in [-0.05, 0) is 157 Å². The summed E-state index contributed by atoms with van der Waals surface area (Å²) in [4.78, 5) is 0. The van der Waals surface area contributed by atoms with Crippen LogP contribution in [0.4, 0.5) is 0 Å². The smallest absolute Gasteiger partial charge is 0.162 e. The van der Waals surface area contributed by atoms with Gasteiger partial charge in [0.15, 0.2) is 5.79 Å². The quantitative estimate of drug-likeness (QED) is 0.0378. The molecule has 0 aromatic carbocycles. The molecule has 2 N–H and O–H groups in total. The molecule has 1 spiro atoms. The molecule has 3 rings (SSSR count). The number of unbranched alkanes of at least 4 members (excludes halogenated alkanes) is 19. The average Bonchev–Trinajstić information content (AvgIpc) is 3.72. The summed E-state index contributed by atoms with van der Waals surface area (Å²) in [7, 11) is 0. The molecule has 3 atom stereocenters. The van der Waals surface area contributed by atoms with Gasteiger partial charge in [0.2, 0.25) is 0 Å². The fraction of sp³-hybridized carbons (Fsp3) is 0.852. The first-order valence-corrected chi connectivity index (χ1v) is 25.4. The molecule has 0 heterocycles. The summed E-state index contributed by atoms with van der Waals surface area (Å²) in [6.45, 7) is 6.43. The molecule has 0 amide bonds. The summed E-state index contributed by atoms with van der Waals surface area (Å²) < 4.78 is 0. The Kier molecular flexibility index (Phi) is 26.4. The largest absolute Gasteiger partial charge is 0.366 e. The average molecular weight is 777 g/mol. The second-order valence-corrected chi connectivity index (χ2v) is 19.9. The van der Waals surface area contributed by atoms with Crippen LogP contribution in [0.25, 0.3) is 0 Å². The Hall–Kier alpha value is -1.12. The van der Waals surface area contributed by atoms with Crippen molar-refractivity contribution in [2.75, 3.05) is 0 Å². The van der Waals surface area contributed by atoms with Crippen molar-refractivity contribution in [1.29, 1.82) is 0 Å². The first-order chi connectivity index (χ1) is 27.3. The molecule has 0 saturated heterocycles. The molecule has 0 bridgehead atoms. The fourth-order valence-corrected chi connectivity index (χ4v) is 11.6. The number of fused-ring (bicyclic) bond motifs is 1. The topological polar surface area (TPSA) is 40.5 Å². The van der Waals surface area contributed by atoms with E-state index < -0.39 is 5.79 Å². The van der Waals surface area contributed by atoms with Crippen LogP contribution in [0.3, 0.4) is 0 Å². The molecule has 2 nitrogen and oxygen atoms in total. The predicted molar refractivity (Wildman–Crippen MR) is 247 cm³/mol. The third-order valence-corrected chi connectivity index (χ3v) is 14.7. The maximum Gasteiger partial charge on any atom is 0.162 e. The highest BCUT2D eigenvalue weighted by atomic mass is 16.5. The lowest BCUT2D eigenvalue weighted by Crippen LogP contribution is -2.45. The molecule has 324 valence electrons. The standard InChI is InChI=1S/C54H96O2/c1-4-7-9-11-13-15-17-19-21-23-25-27-29-31-33-36-40-52(41-37-34-32-30-28-26-24-22-20-18-16-14-12-10-8-5-2)47-53(48-52)45-50-43-49(44-51(50)46-53)39-35-38-42-54(55,56)6-3/h13-16,19-22,49-51,55-56H,4-12,17-18,23-48H2,1-3H3/b15-13-,16-14-,21-19-,22-20-/t49?,50-,51+. The molecular formula is C54H96O2. The third kappa shape index (κ3) is 21.2. The molecule has 3 aliphatic carbocycles. The van der Waals surface area contributed by atoms with Crippen molar-refractivity contribution in [3.63, 3.8) is 0 Å². The van der Waals surface area contributed by atoms with Gasteiger partial charge in [-0.1, -0.05) is 172 Å². The minimum absolute atomic E-state index is 0.440. The molecule has 3 aliphatic rings. The lowest BCUT2D eigenvalue weighted by molar-refractivity contribution is -0.168. The lowest BCUT2D eigenvalue weighted by Gasteiger charge is -2.57. The second-order valence-electron chi connectivity index (χ2n) is 19.9. The van der Waals surface area contributed by atoms with E-state index in [1.807, 2.05) is 6.92 Å². The van der Waals surface area contributed by atoms with Crippen LogP contribution >= 0.6 is 0 Å². The maximum absolute atomic E-state index is 9.97. The summed E-state index contributed by atoms with van der Waals surface area (Å²) in [6.07, 6.45) is 68.1. The molecule has 3 saturated carbocycles. The van der Waals surface area contributed by atoms with Gasteiger partial charge in [-0.3, -0.25) is 0 Å². The normalized spacial score (nSPS) is 21.8. The molecule has 56 heavy (non-hydrogen) atoms. The van der Waals surface area contributed by atoms with E-state index in [0.29, 0.717) is 23.7 Å². The van der Waals surface area contributed by atoms with Gasteiger partial charge in [-0.2, -0.15) is 0 Å². The van der Waals surface area contributed by atoms with Crippen LogP contribution in [0.15, 0.2) is 48.6 Å². The van der Waals surface area contributed by atoms with Crippen molar-refractivity contribution in [3.05, 3.63) is 48.6 Å².